The maximum absolute atomic E-state index is 12.6. The quantitative estimate of drug-likeness (QED) is 0.719. The Bertz CT molecular complexity index is 721. The lowest BCUT2D eigenvalue weighted by Crippen LogP contribution is -2.36. The summed E-state index contributed by atoms with van der Waals surface area (Å²) in [6, 6.07) is 5.83. The molecular weight excluding hydrogens is 348 g/mol. The van der Waals surface area contributed by atoms with Crippen LogP contribution in [-0.4, -0.2) is 26.7 Å². The summed E-state index contributed by atoms with van der Waals surface area (Å²) in [7, 11) is 0. The van der Waals surface area contributed by atoms with Gasteiger partial charge in [0.25, 0.3) is 0 Å². The summed E-state index contributed by atoms with van der Waals surface area (Å²) in [5, 5.41) is 8.02. The van der Waals surface area contributed by atoms with Crippen LogP contribution in [0.5, 0.6) is 0 Å². The van der Waals surface area contributed by atoms with Crippen LogP contribution >= 0.6 is 15.9 Å². The fourth-order valence-electron chi connectivity index (χ4n) is 2.37. The summed E-state index contributed by atoms with van der Waals surface area (Å²) in [5.41, 5.74) is 2.16. The highest BCUT2D eigenvalue weighted by Crippen LogP contribution is 2.30. The van der Waals surface area contributed by atoms with Crippen molar-refractivity contribution in [3.63, 3.8) is 0 Å². The predicted molar refractivity (Wildman–Crippen MR) is 85.7 cm³/mol. The van der Waals surface area contributed by atoms with Crippen LogP contribution in [-0.2, 0) is 17.8 Å². The SMILES string of the molecule is CC(C)(C)OC(=O)N1Cc2cnnn2Cc2cc(Br)ccc21. The van der Waals surface area contributed by atoms with Crippen molar-refractivity contribution in [1.29, 1.82) is 0 Å². The fraction of sp³-hybridized carbons (Fsp3) is 0.400. The number of amides is 1. The Balaban J connectivity index is 2.04. The van der Waals surface area contributed by atoms with E-state index in [0.29, 0.717) is 13.1 Å². The average molecular weight is 365 g/mol. The lowest BCUT2D eigenvalue weighted by atomic mass is 10.1. The van der Waals surface area contributed by atoms with Crippen molar-refractivity contribution in [3.05, 3.63) is 40.1 Å². The van der Waals surface area contributed by atoms with Crippen LogP contribution in [0.3, 0.4) is 0 Å². The molecule has 116 valence electrons. The molecule has 3 rings (SSSR count). The van der Waals surface area contributed by atoms with Gasteiger partial charge in [0.05, 0.1) is 30.7 Å². The molecule has 2 heterocycles. The van der Waals surface area contributed by atoms with Gasteiger partial charge >= 0.3 is 6.09 Å². The van der Waals surface area contributed by atoms with Gasteiger partial charge in [-0.25, -0.2) is 9.48 Å². The molecule has 1 aliphatic heterocycles. The Kier molecular flexibility index (Phi) is 3.68. The van der Waals surface area contributed by atoms with E-state index in [9.17, 15) is 4.79 Å². The number of benzene rings is 1. The van der Waals surface area contributed by atoms with E-state index in [0.717, 1.165) is 21.4 Å². The fourth-order valence-corrected chi connectivity index (χ4v) is 2.78. The van der Waals surface area contributed by atoms with E-state index < -0.39 is 5.60 Å². The van der Waals surface area contributed by atoms with Crippen LogP contribution in [0.1, 0.15) is 32.0 Å². The van der Waals surface area contributed by atoms with Crippen molar-refractivity contribution < 1.29 is 9.53 Å². The Labute approximate surface area is 137 Å². The molecule has 0 saturated heterocycles. The van der Waals surface area contributed by atoms with E-state index in [-0.39, 0.29) is 6.09 Å². The lowest BCUT2D eigenvalue weighted by molar-refractivity contribution is 0.0577. The maximum atomic E-state index is 12.6. The zero-order valence-corrected chi connectivity index (χ0v) is 14.3. The smallest absolute Gasteiger partial charge is 0.415 e. The third kappa shape index (κ3) is 2.99. The van der Waals surface area contributed by atoms with Crippen LogP contribution in [0.4, 0.5) is 10.5 Å². The highest BCUT2D eigenvalue weighted by Gasteiger charge is 2.28. The van der Waals surface area contributed by atoms with Gasteiger partial charge in [-0.1, -0.05) is 21.1 Å². The predicted octanol–water partition coefficient (Wildman–Crippen LogP) is 3.34. The molecule has 1 aromatic heterocycles. The third-order valence-electron chi connectivity index (χ3n) is 3.28. The minimum Gasteiger partial charge on any atom is -0.443 e. The van der Waals surface area contributed by atoms with Crippen molar-refractivity contribution in [1.82, 2.24) is 15.0 Å². The van der Waals surface area contributed by atoms with Crippen LogP contribution in [0, 0.1) is 0 Å². The van der Waals surface area contributed by atoms with E-state index in [1.165, 1.54) is 0 Å². The van der Waals surface area contributed by atoms with E-state index in [4.69, 9.17) is 4.74 Å². The normalized spacial score (nSPS) is 14.1. The van der Waals surface area contributed by atoms with Gasteiger partial charge in [-0.15, -0.1) is 5.10 Å². The summed E-state index contributed by atoms with van der Waals surface area (Å²) in [4.78, 5) is 14.2. The summed E-state index contributed by atoms with van der Waals surface area (Å²) in [5.74, 6) is 0. The van der Waals surface area contributed by atoms with Crippen LogP contribution < -0.4 is 4.90 Å². The number of carbonyl (C=O) groups excluding carboxylic acids is 1. The van der Waals surface area contributed by atoms with Crippen molar-refractivity contribution >= 4 is 27.7 Å². The first-order valence-electron chi connectivity index (χ1n) is 7.00. The number of halogens is 1. The van der Waals surface area contributed by atoms with Crippen molar-refractivity contribution in [2.24, 2.45) is 0 Å². The zero-order valence-electron chi connectivity index (χ0n) is 12.7. The second kappa shape index (κ2) is 5.39. The molecule has 0 N–H and O–H groups in total. The van der Waals surface area contributed by atoms with E-state index in [2.05, 4.69) is 26.2 Å². The first kappa shape index (κ1) is 15.0. The van der Waals surface area contributed by atoms with E-state index >= 15 is 0 Å². The first-order valence-corrected chi connectivity index (χ1v) is 7.79. The molecule has 0 bridgehead atoms. The van der Waals surface area contributed by atoms with Gasteiger partial charge in [-0.05, 0) is 44.5 Å². The van der Waals surface area contributed by atoms with Gasteiger partial charge in [-0.3, -0.25) is 4.90 Å². The molecule has 0 radical (unpaired) electrons. The highest BCUT2D eigenvalue weighted by molar-refractivity contribution is 9.10. The highest BCUT2D eigenvalue weighted by atomic mass is 79.9. The Morgan fingerprint density at radius 1 is 1.32 bits per heavy atom. The van der Waals surface area contributed by atoms with Crippen LogP contribution in [0.15, 0.2) is 28.9 Å². The van der Waals surface area contributed by atoms with Gasteiger partial charge in [0.2, 0.25) is 0 Å². The topological polar surface area (TPSA) is 60.2 Å². The number of fused-ring (bicyclic) bond motifs is 2. The van der Waals surface area contributed by atoms with Gasteiger partial charge in [0, 0.05) is 4.47 Å². The average Bonchev–Trinajstić information content (AvgIpc) is 2.76. The first-order chi connectivity index (χ1) is 10.3. The molecule has 1 amide bonds. The maximum Gasteiger partial charge on any atom is 0.415 e. The van der Waals surface area contributed by atoms with Crippen LogP contribution in [0.2, 0.25) is 0 Å². The monoisotopic (exact) mass is 364 g/mol. The van der Waals surface area contributed by atoms with E-state index in [1.807, 2.05) is 39.0 Å². The molecule has 0 atom stereocenters. The molecule has 7 heteroatoms. The van der Waals surface area contributed by atoms with Crippen LogP contribution in [0.25, 0.3) is 0 Å². The largest absolute Gasteiger partial charge is 0.443 e. The summed E-state index contributed by atoms with van der Waals surface area (Å²) in [6.07, 6.45) is 1.31. The Hall–Kier alpha value is -1.89. The molecule has 0 unspecified atom stereocenters. The number of nitrogens with zero attached hydrogens (tertiary/aromatic N) is 4. The molecule has 6 nitrogen and oxygen atoms in total. The zero-order chi connectivity index (χ0) is 15.9. The van der Waals surface area contributed by atoms with Crippen molar-refractivity contribution in [2.75, 3.05) is 4.90 Å². The van der Waals surface area contributed by atoms with Gasteiger partial charge < -0.3 is 4.74 Å². The molecule has 0 saturated carbocycles. The van der Waals surface area contributed by atoms with Crippen molar-refractivity contribution in [2.45, 2.75) is 39.5 Å². The number of rotatable bonds is 0. The summed E-state index contributed by atoms with van der Waals surface area (Å²) < 4.78 is 8.30. The molecule has 0 aliphatic carbocycles. The Morgan fingerprint density at radius 2 is 2.09 bits per heavy atom. The number of aromatic nitrogens is 3. The second-order valence-electron chi connectivity index (χ2n) is 6.22. The number of hydrogen-bond donors (Lipinski definition) is 0. The number of ether oxygens (including phenoxy) is 1. The van der Waals surface area contributed by atoms with Crippen molar-refractivity contribution in [3.8, 4) is 0 Å². The van der Waals surface area contributed by atoms with Gasteiger partial charge in [-0.2, -0.15) is 0 Å². The molecule has 0 spiro atoms. The standard InChI is InChI=1S/C15H17BrN4O2/c1-15(2,3)22-14(21)19-9-12-7-17-18-20(12)8-10-6-11(16)4-5-13(10)19/h4-7H,8-9H2,1-3H3. The molecule has 2 aromatic rings. The molecule has 0 fully saturated rings. The molecule has 22 heavy (non-hydrogen) atoms. The molecule has 1 aromatic carbocycles. The second-order valence-corrected chi connectivity index (χ2v) is 7.14. The van der Waals surface area contributed by atoms with Gasteiger partial charge in [0.15, 0.2) is 0 Å². The molecule has 1 aliphatic rings. The van der Waals surface area contributed by atoms with E-state index in [1.54, 1.807) is 15.8 Å². The number of anilines is 1. The molecular formula is C15H17BrN4O2. The lowest BCUT2D eigenvalue weighted by Gasteiger charge is -2.27. The summed E-state index contributed by atoms with van der Waals surface area (Å²) in [6.45, 7) is 6.53. The Morgan fingerprint density at radius 3 is 2.82 bits per heavy atom. The minimum atomic E-state index is -0.544. The number of hydrogen-bond acceptors (Lipinski definition) is 4. The third-order valence-corrected chi connectivity index (χ3v) is 3.78. The summed E-state index contributed by atoms with van der Waals surface area (Å²) >= 11 is 3.47. The number of carbonyl (C=O) groups is 1. The van der Waals surface area contributed by atoms with Gasteiger partial charge in [0.1, 0.15) is 5.60 Å². The minimum absolute atomic E-state index is 0.370.